The molecule has 30 heavy (non-hydrogen) atoms. The molecule has 1 aliphatic heterocycles. The van der Waals surface area contributed by atoms with Crippen LogP contribution < -0.4 is 4.90 Å². The molecule has 2 aromatic carbocycles. The molecule has 3 aromatic rings. The van der Waals surface area contributed by atoms with E-state index in [4.69, 9.17) is 16.6 Å². The number of pyridine rings is 1. The molecular formula is C25H27ClN4. The first kappa shape index (κ1) is 19.4. The van der Waals surface area contributed by atoms with E-state index in [0.717, 1.165) is 45.5 Å². The van der Waals surface area contributed by atoms with Gasteiger partial charge >= 0.3 is 0 Å². The second kappa shape index (κ2) is 7.93. The molecule has 0 bridgehead atoms. The van der Waals surface area contributed by atoms with Crippen LogP contribution in [0.4, 0.5) is 5.69 Å². The maximum atomic E-state index is 6.67. The lowest BCUT2D eigenvalue weighted by atomic mass is 9.79. The SMILES string of the molecule is CN(C)CC1CC(N2C=CN(c3cc4nc(-c5ccccc5)ccc4cc3Cl)C2)C1. The van der Waals surface area contributed by atoms with Crippen molar-refractivity contribution in [1.82, 2.24) is 14.8 Å². The summed E-state index contributed by atoms with van der Waals surface area (Å²) in [5.41, 5.74) is 4.10. The summed E-state index contributed by atoms with van der Waals surface area (Å²) in [6.45, 7) is 2.03. The number of aromatic nitrogens is 1. The molecule has 0 amide bonds. The first-order valence-corrected chi connectivity index (χ1v) is 11.0. The van der Waals surface area contributed by atoms with E-state index in [2.05, 4.69) is 71.5 Å². The van der Waals surface area contributed by atoms with Crippen LogP contribution in [0.2, 0.25) is 5.02 Å². The summed E-state index contributed by atoms with van der Waals surface area (Å²) in [5.74, 6) is 0.817. The highest BCUT2D eigenvalue weighted by molar-refractivity contribution is 6.34. The monoisotopic (exact) mass is 418 g/mol. The zero-order valence-electron chi connectivity index (χ0n) is 17.5. The molecule has 1 saturated carbocycles. The quantitative estimate of drug-likeness (QED) is 0.549. The van der Waals surface area contributed by atoms with Crippen LogP contribution in [0, 0.1) is 5.92 Å². The highest BCUT2D eigenvalue weighted by Gasteiger charge is 2.34. The Hall–Kier alpha value is -2.56. The normalized spacial score (nSPS) is 20.9. The molecule has 5 rings (SSSR count). The van der Waals surface area contributed by atoms with Gasteiger partial charge in [-0.2, -0.15) is 0 Å². The van der Waals surface area contributed by atoms with Crippen LogP contribution >= 0.6 is 11.6 Å². The fourth-order valence-corrected chi connectivity index (χ4v) is 4.87. The summed E-state index contributed by atoms with van der Waals surface area (Å²) in [6.07, 6.45) is 6.89. The fourth-order valence-electron chi connectivity index (χ4n) is 4.59. The third-order valence-electron chi connectivity index (χ3n) is 6.19. The minimum Gasteiger partial charge on any atom is -0.355 e. The predicted octanol–water partition coefficient (Wildman–Crippen LogP) is 5.45. The molecule has 0 radical (unpaired) electrons. The first-order chi connectivity index (χ1) is 14.6. The Morgan fingerprint density at radius 1 is 1.03 bits per heavy atom. The van der Waals surface area contributed by atoms with E-state index in [1.807, 2.05) is 24.3 Å². The van der Waals surface area contributed by atoms with E-state index in [-0.39, 0.29) is 0 Å². The van der Waals surface area contributed by atoms with Gasteiger partial charge in [0.15, 0.2) is 0 Å². The van der Waals surface area contributed by atoms with Crippen LogP contribution in [-0.4, -0.2) is 48.1 Å². The molecule has 0 atom stereocenters. The minimum absolute atomic E-state index is 0.637. The Balaban J connectivity index is 1.35. The van der Waals surface area contributed by atoms with Crippen molar-refractivity contribution in [1.29, 1.82) is 0 Å². The lowest BCUT2D eigenvalue weighted by molar-refractivity contribution is 0.105. The van der Waals surface area contributed by atoms with Crippen LogP contribution in [0.1, 0.15) is 12.8 Å². The molecule has 0 saturated heterocycles. The fraction of sp³-hybridized carbons (Fsp3) is 0.320. The summed E-state index contributed by atoms with van der Waals surface area (Å²) in [5, 5.41) is 1.83. The maximum absolute atomic E-state index is 6.67. The van der Waals surface area contributed by atoms with E-state index in [0.29, 0.717) is 6.04 Å². The number of anilines is 1. The van der Waals surface area contributed by atoms with Crippen molar-refractivity contribution in [2.24, 2.45) is 5.92 Å². The van der Waals surface area contributed by atoms with Crippen LogP contribution in [0.25, 0.3) is 22.2 Å². The van der Waals surface area contributed by atoms with Gasteiger partial charge in [0.2, 0.25) is 0 Å². The van der Waals surface area contributed by atoms with Crippen molar-refractivity contribution in [3.8, 4) is 11.3 Å². The van der Waals surface area contributed by atoms with Gasteiger partial charge in [0, 0.05) is 35.9 Å². The number of halogens is 1. The Morgan fingerprint density at radius 2 is 1.83 bits per heavy atom. The van der Waals surface area contributed by atoms with Gasteiger partial charge in [-0.05, 0) is 51.1 Å². The van der Waals surface area contributed by atoms with Crippen molar-refractivity contribution in [2.75, 3.05) is 32.2 Å². The van der Waals surface area contributed by atoms with E-state index < -0.39 is 0 Å². The zero-order chi connectivity index (χ0) is 20.7. The van der Waals surface area contributed by atoms with Gasteiger partial charge in [-0.1, -0.05) is 48.0 Å². The van der Waals surface area contributed by atoms with Crippen molar-refractivity contribution in [3.05, 3.63) is 72.0 Å². The third-order valence-corrected chi connectivity index (χ3v) is 6.50. The molecule has 0 unspecified atom stereocenters. The largest absolute Gasteiger partial charge is 0.355 e. The van der Waals surface area contributed by atoms with Crippen molar-refractivity contribution in [2.45, 2.75) is 18.9 Å². The average Bonchev–Trinajstić information content (AvgIpc) is 3.19. The molecule has 4 nitrogen and oxygen atoms in total. The number of hydrogen-bond acceptors (Lipinski definition) is 4. The number of rotatable bonds is 5. The van der Waals surface area contributed by atoms with Crippen LogP contribution in [0.15, 0.2) is 67.0 Å². The van der Waals surface area contributed by atoms with Crippen LogP contribution in [0.3, 0.4) is 0 Å². The summed E-state index contributed by atoms with van der Waals surface area (Å²) in [7, 11) is 4.31. The van der Waals surface area contributed by atoms with E-state index >= 15 is 0 Å². The Kier molecular flexibility index (Phi) is 5.13. The molecule has 154 valence electrons. The molecule has 1 aromatic heterocycles. The number of nitrogens with zero attached hydrogens (tertiary/aromatic N) is 4. The van der Waals surface area contributed by atoms with Gasteiger partial charge in [-0.25, -0.2) is 4.98 Å². The van der Waals surface area contributed by atoms with E-state index in [9.17, 15) is 0 Å². The van der Waals surface area contributed by atoms with Crippen molar-refractivity contribution < 1.29 is 0 Å². The number of hydrogen-bond donors (Lipinski definition) is 0. The van der Waals surface area contributed by atoms with E-state index in [1.165, 1.54) is 19.4 Å². The molecule has 5 heteroatoms. The Morgan fingerprint density at radius 3 is 2.60 bits per heavy atom. The predicted molar refractivity (Wildman–Crippen MR) is 126 cm³/mol. The molecular weight excluding hydrogens is 392 g/mol. The third kappa shape index (κ3) is 3.78. The molecule has 1 aliphatic carbocycles. The summed E-state index contributed by atoms with van der Waals surface area (Å²) < 4.78 is 0. The van der Waals surface area contributed by atoms with Crippen molar-refractivity contribution >= 4 is 28.2 Å². The van der Waals surface area contributed by atoms with Gasteiger partial charge in [-0.3, -0.25) is 0 Å². The second-order valence-electron chi connectivity index (χ2n) is 8.74. The topological polar surface area (TPSA) is 22.6 Å². The number of fused-ring (bicyclic) bond motifs is 1. The lowest BCUT2D eigenvalue weighted by Gasteiger charge is -2.42. The highest BCUT2D eigenvalue weighted by atomic mass is 35.5. The van der Waals surface area contributed by atoms with Gasteiger partial charge < -0.3 is 14.7 Å². The van der Waals surface area contributed by atoms with Crippen LogP contribution in [0.5, 0.6) is 0 Å². The standard InChI is InChI=1S/C25H27ClN4/c1-28(2)16-18-12-21(13-18)29-10-11-30(17-29)25-15-24-20(14-22(25)26)8-9-23(27-24)19-6-4-3-5-7-19/h3-11,14-15,18,21H,12-13,16-17H2,1-2H3. The molecule has 1 fully saturated rings. The van der Waals surface area contributed by atoms with Gasteiger partial charge in [0.25, 0.3) is 0 Å². The molecule has 0 N–H and O–H groups in total. The van der Waals surface area contributed by atoms with Crippen molar-refractivity contribution in [3.63, 3.8) is 0 Å². The number of benzene rings is 2. The first-order valence-electron chi connectivity index (χ1n) is 10.6. The van der Waals surface area contributed by atoms with Gasteiger partial charge in [0.1, 0.15) is 0 Å². The maximum Gasteiger partial charge on any atom is 0.0945 e. The molecule has 2 heterocycles. The molecule has 0 spiro atoms. The smallest absolute Gasteiger partial charge is 0.0945 e. The summed E-state index contributed by atoms with van der Waals surface area (Å²) in [6, 6.07) is 19.2. The Bertz CT molecular complexity index is 1070. The Labute approximate surface area is 183 Å². The zero-order valence-corrected chi connectivity index (χ0v) is 18.3. The summed E-state index contributed by atoms with van der Waals surface area (Å²) >= 11 is 6.67. The average molecular weight is 419 g/mol. The van der Waals surface area contributed by atoms with Crippen LogP contribution in [-0.2, 0) is 0 Å². The molecule has 2 aliphatic rings. The summed E-state index contributed by atoms with van der Waals surface area (Å²) in [4.78, 5) is 11.9. The van der Waals surface area contributed by atoms with E-state index in [1.54, 1.807) is 0 Å². The highest BCUT2D eigenvalue weighted by Crippen LogP contribution is 2.37. The lowest BCUT2D eigenvalue weighted by Crippen LogP contribution is -2.45. The van der Waals surface area contributed by atoms with Gasteiger partial charge in [-0.15, -0.1) is 0 Å². The second-order valence-corrected chi connectivity index (χ2v) is 9.14. The van der Waals surface area contributed by atoms with Gasteiger partial charge in [0.05, 0.1) is 28.6 Å². The minimum atomic E-state index is 0.637.